The lowest BCUT2D eigenvalue weighted by Crippen LogP contribution is -2.36. The van der Waals surface area contributed by atoms with Gasteiger partial charge in [-0.2, -0.15) is 0 Å². The summed E-state index contributed by atoms with van der Waals surface area (Å²) in [5, 5.41) is 0.660. The average molecular weight is 350 g/mol. The first-order valence-electron chi connectivity index (χ1n) is 8.70. The zero-order valence-electron chi connectivity index (χ0n) is 14.1. The summed E-state index contributed by atoms with van der Waals surface area (Å²) in [6, 6.07) is 14.9. The molecule has 2 aliphatic rings. The van der Waals surface area contributed by atoms with E-state index in [9.17, 15) is 4.79 Å². The number of rotatable bonds is 2. The summed E-state index contributed by atoms with van der Waals surface area (Å²) in [6.07, 6.45) is -0.636. The molecule has 6 nitrogen and oxygen atoms in total. The molecule has 0 bridgehead atoms. The Morgan fingerprint density at radius 2 is 1.69 bits per heavy atom. The highest BCUT2D eigenvalue weighted by Crippen LogP contribution is 2.39. The summed E-state index contributed by atoms with van der Waals surface area (Å²) in [5.74, 6) is 1.36. The molecule has 132 valence electrons. The van der Waals surface area contributed by atoms with E-state index in [0.717, 1.165) is 24.3 Å². The number of aromatic nitrogens is 1. The SMILES string of the molecule is O=c1cc(C2Oc3ccccc3O2)[nH]c2ccc(N3CCOCC3)cc12. The molecule has 26 heavy (non-hydrogen) atoms. The second kappa shape index (κ2) is 6.07. The minimum atomic E-state index is -0.636. The van der Waals surface area contributed by atoms with Crippen LogP contribution >= 0.6 is 0 Å². The van der Waals surface area contributed by atoms with Gasteiger partial charge in [-0.1, -0.05) is 12.1 Å². The molecule has 3 heterocycles. The van der Waals surface area contributed by atoms with E-state index in [1.54, 1.807) is 6.07 Å². The van der Waals surface area contributed by atoms with Crippen LogP contribution in [0.2, 0.25) is 0 Å². The van der Waals surface area contributed by atoms with Crippen molar-refractivity contribution in [3.8, 4) is 11.5 Å². The highest BCUT2D eigenvalue weighted by atomic mass is 16.7. The molecule has 0 saturated carbocycles. The standard InChI is InChI=1S/C20H18N2O4/c23-17-12-16(20-25-18-3-1-2-4-19(18)26-20)21-15-6-5-13(11-14(15)17)22-7-9-24-10-8-22/h1-6,11-12,20H,7-10H2,(H,21,23). The van der Waals surface area contributed by atoms with Crippen molar-refractivity contribution in [2.75, 3.05) is 31.2 Å². The van der Waals surface area contributed by atoms with E-state index in [1.807, 2.05) is 42.5 Å². The predicted molar refractivity (Wildman–Crippen MR) is 98.0 cm³/mol. The number of para-hydroxylation sites is 2. The topological polar surface area (TPSA) is 63.8 Å². The molecule has 5 rings (SSSR count). The van der Waals surface area contributed by atoms with Crippen LogP contribution in [0.1, 0.15) is 12.0 Å². The number of pyridine rings is 1. The highest BCUT2D eigenvalue weighted by Gasteiger charge is 2.26. The van der Waals surface area contributed by atoms with Gasteiger partial charge in [-0.25, -0.2) is 0 Å². The number of nitrogens with one attached hydrogen (secondary N) is 1. The van der Waals surface area contributed by atoms with Gasteiger partial charge in [-0.15, -0.1) is 0 Å². The third kappa shape index (κ3) is 2.59. The fourth-order valence-corrected chi connectivity index (χ4v) is 3.43. The molecule has 0 amide bonds. The van der Waals surface area contributed by atoms with Crippen LogP contribution in [-0.4, -0.2) is 31.3 Å². The third-order valence-electron chi connectivity index (χ3n) is 4.78. The molecular weight excluding hydrogens is 332 g/mol. The zero-order chi connectivity index (χ0) is 17.5. The number of H-pyrrole nitrogens is 1. The lowest BCUT2D eigenvalue weighted by Gasteiger charge is -2.29. The summed E-state index contributed by atoms with van der Waals surface area (Å²) in [6.45, 7) is 3.10. The van der Waals surface area contributed by atoms with E-state index in [0.29, 0.717) is 35.8 Å². The summed E-state index contributed by atoms with van der Waals surface area (Å²) < 4.78 is 17.0. The molecule has 1 aromatic heterocycles. The Morgan fingerprint density at radius 3 is 2.42 bits per heavy atom. The van der Waals surface area contributed by atoms with Crippen LogP contribution < -0.4 is 19.8 Å². The molecule has 0 aliphatic carbocycles. The van der Waals surface area contributed by atoms with Gasteiger partial charge in [-0.3, -0.25) is 4.79 Å². The van der Waals surface area contributed by atoms with E-state index in [4.69, 9.17) is 14.2 Å². The van der Waals surface area contributed by atoms with Gasteiger partial charge in [0.1, 0.15) is 5.69 Å². The fourth-order valence-electron chi connectivity index (χ4n) is 3.43. The van der Waals surface area contributed by atoms with Crippen molar-refractivity contribution in [1.29, 1.82) is 0 Å². The van der Waals surface area contributed by atoms with Gasteiger partial charge < -0.3 is 24.1 Å². The normalized spacial score (nSPS) is 17.0. The van der Waals surface area contributed by atoms with Crippen LogP contribution in [0.15, 0.2) is 53.3 Å². The monoisotopic (exact) mass is 350 g/mol. The van der Waals surface area contributed by atoms with Gasteiger partial charge in [0.25, 0.3) is 6.29 Å². The van der Waals surface area contributed by atoms with Crippen LogP contribution in [0.3, 0.4) is 0 Å². The van der Waals surface area contributed by atoms with Crippen molar-refractivity contribution < 1.29 is 14.2 Å². The van der Waals surface area contributed by atoms with E-state index in [-0.39, 0.29) is 5.43 Å². The van der Waals surface area contributed by atoms with Gasteiger partial charge in [0.05, 0.1) is 13.2 Å². The second-order valence-corrected chi connectivity index (χ2v) is 6.43. The number of morpholine rings is 1. The minimum absolute atomic E-state index is 0.0491. The van der Waals surface area contributed by atoms with Crippen LogP contribution in [-0.2, 0) is 4.74 Å². The smallest absolute Gasteiger partial charge is 0.282 e. The van der Waals surface area contributed by atoms with Crippen LogP contribution in [0.5, 0.6) is 11.5 Å². The van der Waals surface area contributed by atoms with Gasteiger partial charge in [-0.05, 0) is 30.3 Å². The van der Waals surface area contributed by atoms with E-state index in [2.05, 4.69) is 9.88 Å². The van der Waals surface area contributed by atoms with Crippen molar-refractivity contribution in [1.82, 2.24) is 4.98 Å². The molecule has 0 spiro atoms. The quantitative estimate of drug-likeness (QED) is 0.770. The number of ether oxygens (including phenoxy) is 3. The van der Waals surface area contributed by atoms with Crippen LogP contribution in [0.4, 0.5) is 5.69 Å². The summed E-state index contributed by atoms with van der Waals surface area (Å²) in [7, 11) is 0. The average Bonchev–Trinajstić information content (AvgIpc) is 3.13. The summed E-state index contributed by atoms with van der Waals surface area (Å²) in [4.78, 5) is 18.2. The first-order valence-corrected chi connectivity index (χ1v) is 8.70. The minimum Gasteiger partial charge on any atom is -0.445 e. The zero-order valence-corrected chi connectivity index (χ0v) is 14.1. The first kappa shape index (κ1) is 15.3. The molecule has 6 heteroatoms. The molecule has 1 fully saturated rings. The maximum Gasteiger partial charge on any atom is 0.282 e. The molecule has 2 aliphatic heterocycles. The molecule has 0 radical (unpaired) electrons. The van der Waals surface area contributed by atoms with Gasteiger partial charge >= 0.3 is 0 Å². The molecule has 0 unspecified atom stereocenters. The fraction of sp³-hybridized carbons (Fsp3) is 0.250. The Morgan fingerprint density at radius 1 is 0.962 bits per heavy atom. The Kier molecular flexibility index (Phi) is 3.57. The Balaban J connectivity index is 1.49. The van der Waals surface area contributed by atoms with E-state index >= 15 is 0 Å². The molecule has 1 saturated heterocycles. The van der Waals surface area contributed by atoms with Crippen LogP contribution in [0, 0.1) is 0 Å². The van der Waals surface area contributed by atoms with Crippen molar-refractivity contribution >= 4 is 16.6 Å². The van der Waals surface area contributed by atoms with Crippen LogP contribution in [0.25, 0.3) is 10.9 Å². The van der Waals surface area contributed by atoms with Crippen molar-refractivity contribution in [3.05, 3.63) is 64.4 Å². The predicted octanol–water partition coefficient (Wildman–Crippen LogP) is 2.83. The van der Waals surface area contributed by atoms with Crippen molar-refractivity contribution in [2.45, 2.75) is 6.29 Å². The molecular formula is C20H18N2O4. The molecule has 3 aromatic rings. The molecule has 0 atom stereocenters. The number of nitrogens with zero attached hydrogens (tertiary/aromatic N) is 1. The number of fused-ring (bicyclic) bond motifs is 2. The maximum absolute atomic E-state index is 12.7. The van der Waals surface area contributed by atoms with Crippen molar-refractivity contribution in [2.24, 2.45) is 0 Å². The second-order valence-electron chi connectivity index (χ2n) is 6.43. The summed E-state index contributed by atoms with van der Waals surface area (Å²) >= 11 is 0. The van der Waals surface area contributed by atoms with Gasteiger partial charge in [0.2, 0.25) is 0 Å². The summed E-state index contributed by atoms with van der Waals surface area (Å²) in [5.41, 5.74) is 2.37. The largest absolute Gasteiger partial charge is 0.445 e. The third-order valence-corrected chi connectivity index (χ3v) is 4.78. The number of aromatic amines is 1. The van der Waals surface area contributed by atoms with E-state index in [1.165, 1.54) is 0 Å². The lowest BCUT2D eigenvalue weighted by atomic mass is 10.1. The van der Waals surface area contributed by atoms with Gasteiger partial charge in [0.15, 0.2) is 16.9 Å². The molecule has 2 aromatic carbocycles. The number of hydrogen-bond acceptors (Lipinski definition) is 5. The number of anilines is 1. The van der Waals surface area contributed by atoms with Gasteiger partial charge in [0, 0.05) is 35.7 Å². The maximum atomic E-state index is 12.7. The highest BCUT2D eigenvalue weighted by molar-refractivity contribution is 5.82. The lowest BCUT2D eigenvalue weighted by molar-refractivity contribution is 0.0449. The first-order chi connectivity index (χ1) is 12.8. The Hall–Kier alpha value is -2.99. The number of hydrogen-bond donors (Lipinski definition) is 1. The number of benzene rings is 2. The Bertz CT molecular complexity index is 999. The van der Waals surface area contributed by atoms with E-state index < -0.39 is 6.29 Å². The van der Waals surface area contributed by atoms with Crippen molar-refractivity contribution in [3.63, 3.8) is 0 Å². The molecule has 1 N–H and O–H groups in total. The Labute approximate surface area is 149 Å².